The first kappa shape index (κ1) is 18.5. The van der Waals surface area contributed by atoms with Crippen LogP contribution in [-0.2, 0) is 6.42 Å². The summed E-state index contributed by atoms with van der Waals surface area (Å²) in [5.41, 5.74) is 4.14. The standard InChI is InChI=1S/C21H23N3O3/c1-5-18-17(13-22-24(18)16-9-6-14(2)7-10-16)21(25)23-15-8-11-19(26-3)20(12-15)27-4/h6-13H,5H2,1-4H3,(H,23,25). The lowest BCUT2D eigenvalue weighted by Gasteiger charge is -2.11. The van der Waals surface area contributed by atoms with Crippen LogP contribution in [0.5, 0.6) is 11.5 Å². The van der Waals surface area contributed by atoms with Crippen LogP contribution >= 0.6 is 0 Å². The zero-order valence-electron chi connectivity index (χ0n) is 15.9. The largest absolute Gasteiger partial charge is 0.493 e. The van der Waals surface area contributed by atoms with Crippen molar-refractivity contribution >= 4 is 11.6 Å². The van der Waals surface area contributed by atoms with Gasteiger partial charge in [0.15, 0.2) is 11.5 Å². The fraction of sp³-hybridized carbons (Fsp3) is 0.238. The third-order valence-corrected chi connectivity index (χ3v) is 4.37. The number of hydrogen-bond acceptors (Lipinski definition) is 4. The molecule has 6 heteroatoms. The zero-order chi connectivity index (χ0) is 19.4. The minimum atomic E-state index is -0.211. The topological polar surface area (TPSA) is 65.4 Å². The number of benzene rings is 2. The van der Waals surface area contributed by atoms with Gasteiger partial charge in [-0.25, -0.2) is 4.68 Å². The van der Waals surface area contributed by atoms with Gasteiger partial charge in [0.1, 0.15) is 0 Å². The molecule has 0 atom stereocenters. The first-order valence-electron chi connectivity index (χ1n) is 8.74. The molecule has 2 aromatic carbocycles. The number of methoxy groups -OCH3 is 2. The molecule has 0 fully saturated rings. The van der Waals surface area contributed by atoms with Gasteiger partial charge in [0, 0.05) is 11.8 Å². The lowest BCUT2D eigenvalue weighted by molar-refractivity contribution is 0.102. The second-order valence-electron chi connectivity index (χ2n) is 6.13. The van der Waals surface area contributed by atoms with Crippen molar-refractivity contribution in [3.05, 3.63) is 65.5 Å². The van der Waals surface area contributed by atoms with Crippen molar-refractivity contribution in [1.82, 2.24) is 9.78 Å². The quantitative estimate of drug-likeness (QED) is 0.717. The molecule has 1 N–H and O–H groups in total. The lowest BCUT2D eigenvalue weighted by Crippen LogP contribution is -2.14. The maximum absolute atomic E-state index is 12.8. The van der Waals surface area contributed by atoms with Gasteiger partial charge in [0.2, 0.25) is 0 Å². The average molecular weight is 365 g/mol. The van der Waals surface area contributed by atoms with E-state index in [0.717, 1.165) is 11.4 Å². The Morgan fingerprint density at radius 1 is 1.07 bits per heavy atom. The third-order valence-electron chi connectivity index (χ3n) is 4.37. The molecular formula is C21H23N3O3. The Balaban J connectivity index is 1.88. The summed E-state index contributed by atoms with van der Waals surface area (Å²) in [6, 6.07) is 13.3. The smallest absolute Gasteiger partial charge is 0.259 e. The summed E-state index contributed by atoms with van der Waals surface area (Å²) >= 11 is 0. The van der Waals surface area contributed by atoms with Crippen molar-refractivity contribution in [2.75, 3.05) is 19.5 Å². The van der Waals surface area contributed by atoms with Gasteiger partial charge in [-0.05, 0) is 37.6 Å². The summed E-state index contributed by atoms with van der Waals surface area (Å²) in [5.74, 6) is 0.954. The van der Waals surface area contributed by atoms with Gasteiger partial charge in [0.05, 0.1) is 37.4 Å². The maximum Gasteiger partial charge on any atom is 0.259 e. The number of nitrogens with one attached hydrogen (secondary N) is 1. The molecule has 0 aliphatic heterocycles. The summed E-state index contributed by atoms with van der Waals surface area (Å²) in [6.45, 7) is 4.05. The highest BCUT2D eigenvalue weighted by Gasteiger charge is 2.18. The molecule has 1 amide bonds. The minimum Gasteiger partial charge on any atom is -0.493 e. The fourth-order valence-corrected chi connectivity index (χ4v) is 2.92. The van der Waals surface area contributed by atoms with Gasteiger partial charge >= 0.3 is 0 Å². The van der Waals surface area contributed by atoms with E-state index in [2.05, 4.69) is 10.4 Å². The Kier molecular flexibility index (Phi) is 5.45. The predicted molar refractivity (Wildman–Crippen MR) is 105 cm³/mol. The number of carbonyl (C=O) groups excluding carboxylic acids is 1. The van der Waals surface area contributed by atoms with E-state index >= 15 is 0 Å². The van der Waals surface area contributed by atoms with Crippen molar-refractivity contribution in [2.45, 2.75) is 20.3 Å². The van der Waals surface area contributed by atoms with E-state index in [-0.39, 0.29) is 5.91 Å². The van der Waals surface area contributed by atoms with E-state index in [1.165, 1.54) is 5.56 Å². The van der Waals surface area contributed by atoms with Crippen molar-refractivity contribution < 1.29 is 14.3 Å². The first-order valence-corrected chi connectivity index (χ1v) is 8.74. The van der Waals surface area contributed by atoms with E-state index in [4.69, 9.17) is 9.47 Å². The van der Waals surface area contributed by atoms with Crippen LogP contribution in [0.15, 0.2) is 48.7 Å². The molecule has 1 aromatic heterocycles. The summed E-state index contributed by atoms with van der Waals surface area (Å²) in [5, 5.41) is 7.33. The molecule has 0 unspecified atom stereocenters. The van der Waals surface area contributed by atoms with Crippen LogP contribution in [0, 0.1) is 6.92 Å². The molecule has 3 aromatic rings. The van der Waals surface area contributed by atoms with Gasteiger partial charge in [0.25, 0.3) is 5.91 Å². The fourth-order valence-electron chi connectivity index (χ4n) is 2.92. The summed E-state index contributed by atoms with van der Waals surface area (Å²) in [7, 11) is 3.13. The van der Waals surface area contributed by atoms with Gasteiger partial charge in [-0.1, -0.05) is 24.6 Å². The average Bonchev–Trinajstić information content (AvgIpc) is 3.12. The third kappa shape index (κ3) is 3.79. The molecule has 0 aliphatic rings. The molecular weight excluding hydrogens is 342 g/mol. The molecule has 0 saturated heterocycles. The minimum absolute atomic E-state index is 0.211. The van der Waals surface area contributed by atoms with Gasteiger partial charge in [-0.3, -0.25) is 4.79 Å². The van der Waals surface area contributed by atoms with Crippen LogP contribution in [0.25, 0.3) is 5.69 Å². The van der Waals surface area contributed by atoms with Gasteiger partial charge < -0.3 is 14.8 Å². The molecule has 27 heavy (non-hydrogen) atoms. The van der Waals surface area contributed by atoms with Gasteiger partial charge in [-0.2, -0.15) is 5.10 Å². The second-order valence-corrected chi connectivity index (χ2v) is 6.13. The summed E-state index contributed by atoms with van der Waals surface area (Å²) in [4.78, 5) is 12.8. The summed E-state index contributed by atoms with van der Waals surface area (Å²) in [6.07, 6.45) is 2.29. The number of rotatable bonds is 6. The number of hydrogen-bond donors (Lipinski definition) is 1. The monoisotopic (exact) mass is 365 g/mol. The number of amides is 1. The van der Waals surface area contributed by atoms with E-state index in [1.807, 2.05) is 42.8 Å². The molecule has 1 heterocycles. The normalized spacial score (nSPS) is 10.5. The van der Waals surface area contributed by atoms with Crippen LogP contribution in [0.4, 0.5) is 5.69 Å². The van der Waals surface area contributed by atoms with Crippen LogP contribution in [-0.4, -0.2) is 29.9 Å². The Labute approximate surface area is 158 Å². The van der Waals surface area contributed by atoms with E-state index in [9.17, 15) is 4.79 Å². The Morgan fingerprint density at radius 2 is 1.78 bits per heavy atom. The zero-order valence-corrected chi connectivity index (χ0v) is 15.9. The molecule has 6 nitrogen and oxygen atoms in total. The van der Waals surface area contributed by atoms with Crippen LogP contribution in [0.1, 0.15) is 28.5 Å². The van der Waals surface area contributed by atoms with E-state index in [0.29, 0.717) is 29.2 Å². The van der Waals surface area contributed by atoms with Crippen LogP contribution in [0.2, 0.25) is 0 Å². The first-order chi connectivity index (χ1) is 13.1. The highest BCUT2D eigenvalue weighted by atomic mass is 16.5. The summed E-state index contributed by atoms with van der Waals surface area (Å²) < 4.78 is 12.3. The molecule has 140 valence electrons. The van der Waals surface area contributed by atoms with Crippen molar-refractivity contribution in [3.8, 4) is 17.2 Å². The number of ether oxygens (including phenoxy) is 2. The molecule has 0 radical (unpaired) electrons. The lowest BCUT2D eigenvalue weighted by atomic mass is 10.1. The van der Waals surface area contributed by atoms with Crippen molar-refractivity contribution in [3.63, 3.8) is 0 Å². The molecule has 0 bridgehead atoms. The highest BCUT2D eigenvalue weighted by molar-refractivity contribution is 6.05. The highest BCUT2D eigenvalue weighted by Crippen LogP contribution is 2.30. The van der Waals surface area contributed by atoms with Gasteiger partial charge in [-0.15, -0.1) is 0 Å². The maximum atomic E-state index is 12.8. The van der Waals surface area contributed by atoms with Crippen molar-refractivity contribution in [1.29, 1.82) is 0 Å². The number of aryl methyl sites for hydroxylation is 1. The number of aromatic nitrogens is 2. The predicted octanol–water partition coefficient (Wildman–Crippen LogP) is 4.01. The van der Waals surface area contributed by atoms with Crippen molar-refractivity contribution in [2.24, 2.45) is 0 Å². The molecule has 0 spiro atoms. The number of carbonyl (C=O) groups is 1. The van der Waals surface area contributed by atoms with E-state index < -0.39 is 0 Å². The Morgan fingerprint density at radius 3 is 2.41 bits per heavy atom. The SMILES string of the molecule is CCc1c(C(=O)Nc2ccc(OC)c(OC)c2)cnn1-c1ccc(C)cc1. The number of anilines is 1. The van der Waals surface area contributed by atoms with Crippen LogP contribution < -0.4 is 14.8 Å². The molecule has 3 rings (SSSR count). The molecule has 0 aliphatic carbocycles. The Hall–Kier alpha value is -3.28. The number of nitrogens with zero attached hydrogens (tertiary/aromatic N) is 2. The molecule has 0 saturated carbocycles. The Bertz CT molecular complexity index is 946. The second kappa shape index (κ2) is 7.95. The van der Waals surface area contributed by atoms with Crippen LogP contribution in [0.3, 0.4) is 0 Å². The van der Waals surface area contributed by atoms with E-state index in [1.54, 1.807) is 38.6 Å².